The van der Waals surface area contributed by atoms with Crippen LogP contribution in [0.15, 0.2) is 41.7 Å². The molecule has 1 amide bonds. The van der Waals surface area contributed by atoms with Gasteiger partial charge < -0.3 is 4.90 Å². The van der Waals surface area contributed by atoms with Crippen molar-refractivity contribution in [3.63, 3.8) is 0 Å². The van der Waals surface area contributed by atoms with Crippen LogP contribution in [0.2, 0.25) is 0 Å². The lowest BCUT2D eigenvalue weighted by molar-refractivity contribution is -0.132. The molecule has 3 aromatic rings. The van der Waals surface area contributed by atoms with Crippen LogP contribution in [0.4, 0.5) is 0 Å². The smallest absolute Gasteiger partial charge is 0.261 e. The van der Waals surface area contributed by atoms with Gasteiger partial charge in [0.2, 0.25) is 5.91 Å². The number of amides is 1. The minimum Gasteiger partial charge on any atom is -0.343 e. The number of hydrogen-bond donors (Lipinski definition) is 1. The monoisotopic (exact) mass is 366 g/mol. The van der Waals surface area contributed by atoms with E-state index in [-0.39, 0.29) is 11.5 Å². The maximum atomic E-state index is 12.5. The van der Waals surface area contributed by atoms with E-state index in [9.17, 15) is 9.59 Å². The van der Waals surface area contributed by atoms with Crippen molar-refractivity contribution in [3.8, 4) is 0 Å². The minimum atomic E-state index is -0.0547. The van der Waals surface area contributed by atoms with Crippen LogP contribution in [-0.4, -0.2) is 48.6 Å². The maximum absolute atomic E-state index is 12.5. The van der Waals surface area contributed by atoms with Crippen LogP contribution in [0.1, 0.15) is 37.4 Å². The van der Waals surface area contributed by atoms with Crippen molar-refractivity contribution in [2.24, 2.45) is 0 Å². The van der Waals surface area contributed by atoms with Crippen molar-refractivity contribution in [1.29, 1.82) is 0 Å². The summed E-state index contributed by atoms with van der Waals surface area (Å²) in [7, 11) is 0. The fraction of sp³-hybridized carbons (Fsp3) is 0.421. The van der Waals surface area contributed by atoms with Crippen LogP contribution in [-0.2, 0) is 11.3 Å². The average molecular weight is 366 g/mol. The van der Waals surface area contributed by atoms with Gasteiger partial charge in [0.15, 0.2) is 0 Å². The topological polar surface area (TPSA) is 96.8 Å². The number of piperidine rings is 1. The number of carbonyl (C=O) groups excluding carboxylic acids is 1. The first-order valence-electron chi connectivity index (χ1n) is 9.29. The molecule has 1 aliphatic heterocycles. The number of nitrogens with zero attached hydrogens (tertiary/aromatic N) is 5. The van der Waals surface area contributed by atoms with Gasteiger partial charge in [0.05, 0.1) is 17.2 Å². The molecule has 3 heterocycles. The van der Waals surface area contributed by atoms with Crippen LogP contribution in [0.25, 0.3) is 10.9 Å². The van der Waals surface area contributed by atoms with Crippen LogP contribution < -0.4 is 5.56 Å². The first-order valence-corrected chi connectivity index (χ1v) is 9.29. The van der Waals surface area contributed by atoms with Gasteiger partial charge >= 0.3 is 0 Å². The van der Waals surface area contributed by atoms with Crippen LogP contribution in [0.3, 0.4) is 0 Å². The van der Waals surface area contributed by atoms with E-state index in [2.05, 4.69) is 20.2 Å². The van der Waals surface area contributed by atoms with Crippen molar-refractivity contribution >= 4 is 16.8 Å². The molecule has 0 bridgehead atoms. The third-order valence-electron chi connectivity index (χ3n) is 5.19. The van der Waals surface area contributed by atoms with E-state index in [0.29, 0.717) is 36.2 Å². The summed E-state index contributed by atoms with van der Waals surface area (Å²) in [5.41, 5.74) is 0.644. The number of aromatic nitrogens is 5. The molecule has 2 aromatic heterocycles. The molecule has 8 nitrogen and oxygen atoms in total. The first kappa shape index (κ1) is 17.4. The van der Waals surface area contributed by atoms with E-state index in [1.165, 1.54) is 6.33 Å². The summed E-state index contributed by atoms with van der Waals surface area (Å²) in [6.07, 6.45) is 5.95. The minimum absolute atomic E-state index is 0.0547. The van der Waals surface area contributed by atoms with Crippen molar-refractivity contribution in [1.82, 2.24) is 29.6 Å². The predicted molar refractivity (Wildman–Crippen MR) is 100 cm³/mol. The second kappa shape index (κ2) is 7.69. The van der Waals surface area contributed by atoms with E-state index in [1.54, 1.807) is 17.0 Å². The SMILES string of the molecule is O=C(CCCn1cnc2ccccc2c1=O)N1CCC(c2ncn[nH]2)CC1. The number of fused-ring (bicyclic) bond motifs is 1. The van der Waals surface area contributed by atoms with E-state index in [1.807, 2.05) is 23.1 Å². The van der Waals surface area contributed by atoms with Crippen molar-refractivity contribution in [2.75, 3.05) is 13.1 Å². The van der Waals surface area contributed by atoms with Gasteiger partial charge in [-0.3, -0.25) is 19.3 Å². The number of aromatic amines is 1. The molecule has 1 N–H and O–H groups in total. The molecule has 0 atom stereocenters. The Hall–Kier alpha value is -3.03. The van der Waals surface area contributed by atoms with Crippen LogP contribution in [0.5, 0.6) is 0 Å². The Bertz CT molecular complexity index is 973. The summed E-state index contributed by atoms with van der Waals surface area (Å²) in [4.78, 5) is 35.4. The highest BCUT2D eigenvalue weighted by molar-refractivity contribution is 5.77. The van der Waals surface area contributed by atoms with Gasteiger partial charge in [-0.25, -0.2) is 9.97 Å². The average Bonchev–Trinajstić information content (AvgIpc) is 3.25. The maximum Gasteiger partial charge on any atom is 0.261 e. The molecule has 1 aromatic carbocycles. The van der Waals surface area contributed by atoms with E-state index >= 15 is 0 Å². The van der Waals surface area contributed by atoms with E-state index in [4.69, 9.17) is 0 Å². The van der Waals surface area contributed by atoms with Gasteiger partial charge in [-0.05, 0) is 31.4 Å². The second-order valence-corrected chi connectivity index (χ2v) is 6.89. The first-order chi connectivity index (χ1) is 13.2. The molecule has 140 valence electrons. The van der Waals surface area contributed by atoms with E-state index < -0.39 is 0 Å². The summed E-state index contributed by atoms with van der Waals surface area (Å²) in [5.74, 6) is 1.40. The third-order valence-corrected chi connectivity index (χ3v) is 5.19. The Kier molecular flexibility index (Phi) is 4.95. The fourth-order valence-corrected chi connectivity index (χ4v) is 3.64. The highest BCUT2D eigenvalue weighted by Gasteiger charge is 2.25. The molecule has 8 heteroatoms. The highest BCUT2D eigenvalue weighted by atomic mass is 16.2. The molecule has 0 radical (unpaired) electrons. The van der Waals surface area contributed by atoms with Crippen molar-refractivity contribution < 1.29 is 4.79 Å². The number of rotatable bonds is 5. The molecule has 0 aliphatic carbocycles. The molecule has 1 fully saturated rings. The van der Waals surface area contributed by atoms with Crippen molar-refractivity contribution in [2.45, 2.75) is 38.1 Å². The number of nitrogens with one attached hydrogen (secondary N) is 1. The predicted octanol–water partition coefficient (Wildman–Crippen LogP) is 1.70. The molecule has 4 rings (SSSR count). The quantitative estimate of drug-likeness (QED) is 0.741. The van der Waals surface area contributed by atoms with Crippen molar-refractivity contribution in [3.05, 3.63) is 53.1 Å². The molecule has 1 aliphatic rings. The van der Waals surface area contributed by atoms with Crippen LogP contribution >= 0.6 is 0 Å². The lowest BCUT2D eigenvalue weighted by atomic mass is 9.96. The van der Waals surface area contributed by atoms with Gasteiger partial charge in [-0.2, -0.15) is 5.10 Å². The molecule has 0 spiro atoms. The number of likely N-dealkylation sites (tertiary alicyclic amines) is 1. The lowest BCUT2D eigenvalue weighted by Gasteiger charge is -2.31. The van der Waals surface area contributed by atoms with Crippen LogP contribution in [0, 0.1) is 0 Å². The number of H-pyrrole nitrogens is 1. The molecular weight excluding hydrogens is 344 g/mol. The van der Waals surface area contributed by atoms with Gasteiger partial charge in [-0.15, -0.1) is 0 Å². The van der Waals surface area contributed by atoms with E-state index in [0.717, 1.165) is 31.8 Å². The summed E-state index contributed by atoms with van der Waals surface area (Å²) >= 11 is 0. The number of hydrogen-bond acceptors (Lipinski definition) is 5. The Balaban J connectivity index is 1.29. The number of carbonyl (C=O) groups is 1. The normalized spacial score (nSPS) is 15.3. The fourth-order valence-electron chi connectivity index (χ4n) is 3.64. The third kappa shape index (κ3) is 3.74. The molecule has 0 saturated carbocycles. The van der Waals surface area contributed by atoms with Gasteiger partial charge in [0.25, 0.3) is 5.56 Å². The molecule has 27 heavy (non-hydrogen) atoms. The summed E-state index contributed by atoms with van der Waals surface area (Å²) < 4.78 is 1.59. The zero-order chi connectivity index (χ0) is 18.6. The second-order valence-electron chi connectivity index (χ2n) is 6.89. The van der Waals surface area contributed by atoms with Gasteiger partial charge in [0, 0.05) is 32.0 Å². The number of aryl methyl sites for hydroxylation is 1. The van der Waals surface area contributed by atoms with Gasteiger partial charge in [-0.1, -0.05) is 12.1 Å². The summed E-state index contributed by atoms with van der Waals surface area (Å²) in [6.45, 7) is 1.97. The zero-order valence-electron chi connectivity index (χ0n) is 15.0. The Morgan fingerprint density at radius 1 is 1.19 bits per heavy atom. The lowest BCUT2D eigenvalue weighted by Crippen LogP contribution is -2.38. The Morgan fingerprint density at radius 3 is 2.78 bits per heavy atom. The Labute approximate surface area is 156 Å². The highest BCUT2D eigenvalue weighted by Crippen LogP contribution is 2.25. The molecule has 0 unspecified atom stereocenters. The zero-order valence-corrected chi connectivity index (χ0v) is 15.0. The Morgan fingerprint density at radius 2 is 2.00 bits per heavy atom. The summed E-state index contributed by atoms with van der Waals surface area (Å²) in [6, 6.07) is 7.31. The summed E-state index contributed by atoms with van der Waals surface area (Å²) in [5, 5.41) is 7.43. The molecule has 1 saturated heterocycles. The largest absolute Gasteiger partial charge is 0.343 e. The molecular formula is C19H22N6O2. The number of para-hydroxylation sites is 1. The number of benzene rings is 1. The standard InChI is InChI=1S/C19H22N6O2/c26-17(24-10-7-14(8-11-24)18-20-12-22-23-18)6-3-9-25-13-21-16-5-2-1-4-15(16)19(25)27/h1-2,4-5,12-14H,3,6-11H2,(H,20,22,23). The van der Waals surface area contributed by atoms with Gasteiger partial charge in [0.1, 0.15) is 12.2 Å².